The molecule has 0 heterocycles. The van der Waals surface area contributed by atoms with E-state index in [0.717, 1.165) is 19.7 Å². The molecule has 18 heavy (non-hydrogen) atoms. The summed E-state index contributed by atoms with van der Waals surface area (Å²) >= 11 is 0. The van der Waals surface area contributed by atoms with Gasteiger partial charge in [-0.3, -0.25) is 4.90 Å². The summed E-state index contributed by atoms with van der Waals surface area (Å²) in [6.07, 6.45) is 5.92. The topological polar surface area (TPSA) is 38.5 Å². The van der Waals surface area contributed by atoms with E-state index >= 15 is 0 Å². The molecule has 2 N–H and O–H groups in total. The van der Waals surface area contributed by atoms with Gasteiger partial charge in [-0.1, -0.05) is 33.6 Å². The van der Waals surface area contributed by atoms with Gasteiger partial charge in [-0.25, -0.2) is 0 Å². The summed E-state index contributed by atoms with van der Waals surface area (Å²) in [6, 6.07) is 0.571. The zero-order valence-electron chi connectivity index (χ0n) is 13.2. The maximum Gasteiger partial charge on any atom is 0.0590 e. The van der Waals surface area contributed by atoms with Crippen LogP contribution in [0.4, 0.5) is 0 Å². The Hall–Kier alpha value is -0.120. The third kappa shape index (κ3) is 4.87. The third-order valence-electron chi connectivity index (χ3n) is 4.08. The number of methoxy groups -OCH3 is 1. The second kappa shape index (κ2) is 9.76. The Labute approximate surface area is 114 Å². The minimum atomic E-state index is 0.164. The van der Waals surface area contributed by atoms with Crippen LogP contribution in [0.2, 0.25) is 0 Å². The van der Waals surface area contributed by atoms with Crippen molar-refractivity contribution in [2.45, 2.75) is 71.4 Å². The monoisotopic (exact) mass is 258 g/mol. The van der Waals surface area contributed by atoms with Gasteiger partial charge in [-0.05, 0) is 26.2 Å². The molecule has 0 aliphatic carbocycles. The smallest absolute Gasteiger partial charge is 0.0590 e. The van der Waals surface area contributed by atoms with E-state index in [9.17, 15) is 0 Å². The van der Waals surface area contributed by atoms with Crippen molar-refractivity contribution in [3.63, 3.8) is 0 Å². The lowest BCUT2D eigenvalue weighted by Gasteiger charge is -2.47. The largest absolute Gasteiger partial charge is 0.383 e. The van der Waals surface area contributed by atoms with Crippen molar-refractivity contribution in [2.75, 3.05) is 26.8 Å². The molecule has 0 radical (unpaired) electrons. The predicted molar refractivity (Wildman–Crippen MR) is 79.9 cm³/mol. The van der Waals surface area contributed by atoms with E-state index in [4.69, 9.17) is 10.5 Å². The lowest BCUT2D eigenvalue weighted by atomic mass is 9.85. The Kier molecular flexibility index (Phi) is 9.70. The Morgan fingerprint density at radius 1 is 1.17 bits per heavy atom. The van der Waals surface area contributed by atoms with Gasteiger partial charge in [0, 0.05) is 31.8 Å². The molecule has 0 aromatic heterocycles. The summed E-state index contributed by atoms with van der Waals surface area (Å²) in [5, 5.41) is 0. The molecule has 3 heteroatoms. The van der Waals surface area contributed by atoms with Crippen LogP contribution in [0, 0.1) is 0 Å². The fraction of sp³-hybridized carbons (Fsp3) is 1.00. The van der Waals surface area contributed by atoms with Crippen LogP contribution >= 0.6 is 0 Å². The van der Waals surface area contributed by atoms with E-state index in [0.29, 0.717) is 6.04 Å². The number of rotatable bonds is 11. The minimum absolute atomic E-state index is 0.164. The number of hydrogen-bond donors (Lipinski definition) is 1. The normalized spacial score (nSPS) is 14.2. The van der Waals surface area contributed by atoms with Crippen molar-refractivity contribution in [2.24, 2.45) is 5.73 Å². The Morgan fingerprint density at radius 2 is 1.72 bits per heavy atom. The molecule has 0 amide bonds. The molecule has 0 aromatic rings. The molecule has 0 saturated heterocycles. The zero-order chi connectivity index (χ0) is 14.0. The molecule has 3 nitrogen and oxygen atoms in total. The Bertz CT molecular complexity index is 191. The van der Waals surface area contributed by atoms with Crippen molar-refractivity contribution >= 4 is 0 Å². The lowest BCUT2D eigenvalue weighted by Crippen LogP contribution is -2.58. The van der Waals surface area contributed by atoms with Crippen molar-refractivity contribution in [3.8, 4) is 0 Å². The van der Waals surface area contributed by atoms with Gasteiger partial charge in [0.05, 0.1) is 6.61 Å². The fourth-order valence-electron chi connectivity index (χ4n) is 3.00. The maximum atomic E-state index is 6.16. The number of nitrogens with zero attached hydrogens (tertiary/aromatic N) is 1. The third-order valence-corrected chi connectivity index (χ3v) is 4.08. The molecule has 1 unspecified atom stereocenters. The summed E-state index contributed by atoms with van der Waals surface area (Å²) < 4.78 is 5.28. The first-order valence-electron chi connectivity index (χ1n) is 7.57. The van der Waals surface area contributed by atoms with Crippen LogP contribution in [0.1, 0.15) is 59.8 Å². The Balaban J connectivity index is 5.02. The molecular formula is C15H34N2O. The van der Waals surface area contributed by atoms with Crippen LogP contribution in [0.3, 0.4) is 0 Å². The molecule has 0 aliphatic rings. The molecule has 0 saturated carbocycles. The Morgan fingerprint density at radius 3 is 2.06 bits per heavy atom. The van der Waals surface area contributed by atoms with Crippen LogP contribution in [0.15, 0.2) is 0 Å². The lowest BCUT2D eigenvalue weighted by molar-refractivity contribution is 0.0148. The average Bonchev–Trinajstić information content (AvgIpc) is 2.38. The van der Waals surface area contributed by atoms with Crippen molar-refractivity contribution in [3.05, 3.63) is 0 Å². The second-order valence-electron chi connectivity index (χ2n) is 5.37. The van der Waals surface area contributed by atoms with E-state index in [1.807, 2.05) is 0 Å². The molecule has 0 rings (SSSR count). The van der Waals surface area contributed by atoms with Gasteiger partial charge >= 0.3 is 0 Å². The van der Waals surface area contributed by atoms with Crippen molar-refractivity contribution < 1.29 is 4.74 Å². The summed E-state index contributed by atoms with van der Waals surface area (Å²) in [5.74, 6) is 0. The first-order chi connectivity index (χ1) is 8.61. The molecule has 0 aromatic carbocycles. The van der Waals surface area contributed by atoms with E-state index in [1.54, 1.807) is 7.11 Å². The van der Waals surface area contributed by atoms with Gasteiger partial charge in [-0.15, -0.1) is 0 Å². The van der Waals surface area contributed by atoms with Gasteiger partial charge in [0.2, 0.25) is 0 Å². The van der Waals surface area contributed by atoms with E-state index in [-0.39, 0.29) is 5.54 Å². The van der Waals surface area contributed by atoms with Gasteiger partial charge in [0.1, 0.15) is 0 Å². The number of ether oxygens (including phenoxy) is 1. The van der Waals surface area contributed by atoms with Crippen LogP contribution in [-0.2, 0) is 4.74 Å². The minimum Gasteiger partial charge on any atom is -0.383 e. The van der Waals surface area contributed by atoms with Crippen molar-refractivity contribution in [1.29, 1.82) is 0 Å². The maximum absolute atomic E-state index is 6.16. The van der Waals surface area contributed by atoms with E-state index in [1.165, 1.54) is 32.1 Å². The first-order valence-corrected chi connectivity index (χ1v) is 7.57. The summed E-state index contributed by atoms with van der Waals surface area (Å²) in [7, 11) is 1.78. The molecule has 0 aliphatic heterocycles. The average molecular weight is 258 g/mol. The fourth-order valence-corrected chi connectivity index (χ4v) is 3.00. The number of nitrogens with two attached hydrogens (primary N) is 1. The molecule has 0 bridgehead atoms. The first kappa shape index (κ1) is 17.9. The number of hydrogen-bond acceptors (Lipinski definition) is 3. The van der Waals surface area contributed by atoms with Gasteiger partial charge < -0.3 is 10.5 Å². The molecule has 1 atom stereocenters. The quantitative estimate of drug-likeness (QED) is 0.619. The standard InChI is InChI=1S/C15H34N2O/c1-6-9-15(13-16,10-7-2)17(11-12-18-5)14(4)8-3/h14H,6-13,16H2,1-5H3. The predicted octanol–water partition coefficient (Wildman–Crippen LogP) is 3.03. The van der Waals surface area contributed by atoms with Crippen molar-refractivity contribution in [1.82, 2.24) is 4.90 Å². The molecular weight excluding hydrogens is 224 g/mol. The second-order valence-corrected chi connectivity index (χ2v) is 5.37. The van der Waals surface area contributed by atoms with Gasteiger partial charge in [-0.2, -0.15) is 0 Å². The zero-order valence-corrected chi connectivity index (χ0v) is 13.2. The van der Waals surface area contributed by atoms with Crippen LogP contribution in [-0.4, -0.2) is 43.3 Å². The van der Waals surface area contributed by atoms with E-state index in [2.05, 4.69) is 32.6 Å². The van der Waals surface area contributed by atoms with Crippen LogP contribution in [0.25, 0.3) is 0 Å². The van der Waals surface area contributed by atoms with E-state index < -0.39 is 0 Å². The van der Waals surface area contributed by atoms with Gasteiger partial charge in [0.25, 0.3) is 0 Å². The van der Waals surface area contributed by atoms with Crippen LogP contribution in [0.5, 0.6) is 0 Å². The SMILES string of the molecule is CCCC(CN)(CCC)N(CCOC)C(C)CC. The highest BCUT2D eigenvalue weighted by Gasteiger charge is 2.35. The summed E-state index contributed by atoms with van der Waals surface area (Å²) in [5.41, 5.74) is 6.33. The van der Waals surface area contributed by atoms with Crippen LogP contribution < -0.4 is 5.73 Å². The van der Waals surface area contributed by atoms with Gasteiger partial charge in [0.15, 0.2) is 0 Å². The highest BCUT2D eigenvalue weighted by atomic mass is 16.5. The highest BCUT2D eigenvalue weighted by molar-refractivity contribution is 4.93. The molecule has 110 valence electrons. The summed E-state index contributed by atoms with van der Waals surface area (Å²) in [4.78, 5) is 2.60. The summed E-state index contributed by atoms with van der Waals surface area (Å²) in [6.45, 7) is 11.6. The molecule has 0 fully saturated rings. The highest BCUT2D eigenvalue weighted by Crippen LogP contribution is 2.29. The molecule has 0 spiro atoms.